The number of aliphatic hydroxyl groups is 1. The second-order valence-corrected chi connectivity index (χ2v) is 3.64. The van der Waals surface area contributed by atoms with Crippen molar-refractivity contribution >= 4 is 40.7 Å². The van der Waals surface area contributed by atoms with Crippen LogP contribution in [0.25, 0.3) is 5.76 Å². The third-order valence-electron chi connectivity index (χ3n) is 1.69. The van der Waals surface area contributed by atoms with Crippen molar-refractivity contribution in [3.63, 3.8) is 0 Å². The molecule has 0 aliphatic carbocycles. The van der Waals surface area contributed by atoms with Gasteiger partial charge in [0, 0.05) is 11.6 Å². The van der Waals surface area contributed by atoms with E-state index in [0.717, 1.165) is 0 Å². The van der Waals surface area contributed by atoms with Crippen LogP contribution in [0, 0.1) is 0 Å². The Balaban J connectivity index is 0.00000256. The number of halogens is 2. The Morgan fingerprint density at radius 1 is 1.12 bits per heavy atom. The fourth-order valence-corrected chi connectivity index (χ4v) is 1.22. The molecular weight excluding hydrogens is 262 g/mol. The second-order valence-electron chi connectivity index (χ2n) is 2.83. The van der Waals surface area contributed by atoms with E-state index in [4.69, 9.17) is 28.3 Å². The Kier molecular flexibility index (Phi) is 6.36. The van der Waals surface area contributed by atoms with Crippen LogP contribution in [-0.2, 0) is 9.59 Å². The first-order chi connectivity index (χ1) is 7.41. The van der Waals surface area contributed by atoms with E-state index in [9.17, 15) is 14.7 Å². The number of carbonyl (C=O) groups excluding carboxylic acids is 1. The Hall–Kier alpha value is -0.923. The van der Waals surface area contributed by atoms with Gasteiger partial charge in [-0.1, -0.05) is 23.2 Å². The molecule has 1 aromatic carbocycles. The minimum Gasteiger partial charge on any atom is -0.507 e. The molecule has 2 N–H and O–H groups in total. The summed E-state index contributed by atoms with van der Waals surface area (Å²) in [5.41, 5.74) is 0.212. The van der Waals surface area contributed by atoms with Gasteiger partial charge in [-0.3, -0.25) is 4.79 Å². The van der Waals surface area contributed by atoms with Gasteiger partial charge >= 0.3 is 24.8 Å². The Labute approximate surface area is 119 Å². The van der Waals surface area contributed by atoms with Crippen molar-refractivity contribution in [2.45, 2.75) is 0 Å². The summed E-state index contributed by atoms with van der Waals surface area (Å²) in [5, 5.41) is 18.2. The maximum absolute atomic E-state index is 10.8. The van der Waals surface area contributed by atoms with E-state index in [1.165, 1.54) is 18.2 Å². The molecule has 7 heteroatoms. The van der Waals surface area contributed by atoms with Gasteiger partial charge in [0.05, 0.1) is 10.0 Å². The van der Waals surface area contributed by atoms with Crippen molar-refractivity contribution in [3.05, 3.63) is 39.9 Å². The third kappa shape index (κ3) is 4.45. The predicted octanol–water partition coefficient (Wildman–Crippen LogP) is -0.450. The van der Waals surface area contributed by atoms with E-state index in [0.29, 0.717) is 11.1 Å². The first-order valence-electron chi connectivity index (χ1n) is 4.05. The number of aliphatic hydroxyl groups excluding tert-OH is 1. The molecule has 0 atom stereocenters. The first kappa shape index (κ1) is 16.1. The minimum absolute atomic E-state index is 0. The summed E-state index contributed by atoms with van der Waals surface area (Å²) in [4.78, 5) is 21.0. The molecule has 0 spiro atoms. The smallest absolute Gasteiger partial charge is 0.507 e. The van der Waals surface area contributed by atoms with E-state index < -0.39 is 17.5 Å². The van der Waals surface area contributed by atoms with Gasteiger partial charge in [-0.25, -0.2) is 4.79 Å². The van der Waals surface area contributed by atoms with Crippen molar-refractivity contribution in [1.82, 2.24) is 0 Å². The van der Waals surface area contributed by atoms with Gasteiger partial charge in [0.15, 0.2) is 0 Å². The molecule has 0 saturated heterocycles. The van der Waals surface area contributed by atoms with Crippen LogP contribution < -0.4 is 18.9 Å². The third-order valence-corrected chi connectivity index (χ3v) is 2.43. The summed E-state index contributed by atoms with van der Waals surface area (Å²) >= 11 is 11.3. The quantitative estimate of drug-likeness (QED) is 0.337. The molecule has 1 rings (SSSR count). The van der Waals surface area contributed by atoms with Crippen molar-refractivity contribution in [3.8, 4) is 0 Å². The summed E-state index contributed by atoms with van der Waals surface area (Å²) in [6.07, 6.45) is 0.599. The number of ketones is 1. The summed E-state index contributed by atoms with van der Waals surface area (Å²) in [6, 6.07) is 4.16. The monoisotopic (exact) mass is 267 g/mol. The zero-order valence-electron chi connectivity index (χ0n) is 8.78. The van der Waals surface area contributed by atoms with Crippen molar-refractivity contribution in [2.75, 3.05) is 0 Å². The van der Waals surface area contributed by atoms with Gasteiger partial charge in [-0.15, -0.1) is 0 Å². The topological polar surface area (TPSA) is 74.6 Å². The average molecular weight is 268 g/mol. The normalized spacial score (nSPS) is 10.6. The van der Waals surface area contributed by atoms with E-state index in [-0.39, 0.29) is 29.4 Å². The van der Waals surface area contributed by atoms with E-state index in [2.05, 4.69) is 0 Å². The Bertz CT molecular complexity index is 485. The second kappa shape index (κ2) is 6.73. The zero-order valence-corrected chi connectivity index (χ0v) is 10.3. The summed E-state index contributed by atoms with van der Waals surface area (Å²) < 4.78 is 0. The number of carboxylic acids is 1. The molecule has 0 saturated carbocycles. The number of hydrogen-bond acceptors (Lipinski definition) is 3. The van der Waals surface area contributed by atoms with E-state index in [1.807, 2.05) is 0 Å². The predicted molar refractivity (Wildman–Crippen MR) is 59.7 cm³/mol. The van der Waals surface area contributed by atoms with Crippen molar-refractivity contribution in [1.29, 1.82) is 0 Å². The van der Waals surface area contributed by atoms with Crippen LogP contribution in [0.5, 0.6) is 0 Å². The molecule has 0 bridgehead atoms. The standard InChI is InChI=1S/C10H6Cl2O4.Li/c11-6-2-1-5(3-7(6)12)8(13)4-9(14)10(15)16;/h1-4,13H,(H,15,16);/q;+1/b8-4-;. The molecule has 0 heterocycles. The largest absolute Gasteiger partial charge is 1.00 e. The van der Waals surface area contributed by atoms with Crippen LogP contribution in [0.1, 0.15) is 5.56 Å². The molecule has 4 nitrogen and oxygen atoms in total. The molecule has 1 aromatic rings. The molecule has 0 amide bonds. The van der Waals surface area contributed by atoms with E-state index in [1.54, 1.807) is 0 Å². The van der Waals surface area contributed by atoms with Crippen LogP contribution in [0.15, 0.2) is 24.3 Å². The number of aliphatic carboxylic acids is 1. The van der Waals surface area contributed by atoms with Crippen LogP contribution in [0.2, 0.25) is 10.0 Å². The molecule has 0 aliphatic rings. The van der Waals surface area contributed by atoms with Gasteiger partial charge in [0.1, 0.15) is 5.76 Å². The maximum Gasteiger partial charge on any atom is 1.00 e. The molecule has 0 unspecified atom stereocenters. The number of hydrogen-bond donors (Lipinski definition) is 2. The van der Waals surface area contributed by atoms with Crippen LogP contribution >= 0.6 is 23.2 Å². The summed E-state index contributed by atoms with van der Waals surface area (Å²) in [5.74, 6) is -3.35. The number of benzene rings is 1. The zero-order chi connectivity index (χ0) is 12.3. The number of rotatable bonds is 3. The molecule has 17 heavy (non-hydrogen) atoms. The van der Waals surface area contributed by atoms with E-state index >= 15 is 0 Å². The SMILES string of the molecule is O=C(O)C(=O)/C=C(\O)c1ccc(Cl)c(Cl)c1.[Li+]. The molecule has 0 aliphatic heterocycles. The first-order valence-corrected chi connectivity index (χ1v) is 4.80. The summed E-state index contributed by atoms with van der Waals surface area (Å²) in [6.45, 7) is 0. The van der Waals surface area contributed by atoms with Gasteiger partial charge < -0.3 is 10.2 Å². The van der Waals surface area contributed by atoms with Crippen molar-refractivity contribution < 1.29 is 38.7 Å². The number of carboxylic acid groups (broad SMARTS) is 1. The fourth-order valence-electron chi connectivity index (χ4n) is 0.925. The maximum atomic E-state index is 10.8. The van der Waals surface area contributed by atoms with Gasteiger partial charge in [0.2, 0.25) is 0 Å². The summed E-state index contributed by atoms with van der Waals surface area (Å²) in [7, 11) is 0. The Morgan fingerprint density at radius 2 is 1.71 bits per heavy atom. The van der Waals surface area contributed by atoms with Crippen molar-refractivity contribution in [2.24, 2.45) is 0 Å². The van der Waals surface area contributed by atoms with Gasteiger partial charge in [-0.05, 0) is 18.2 Å². The van der Waals surface area contributed by atoms with Crippen LogP contribution in [0.3, 0.4) is 0 Å². The van der Waals surface area contributed by atoms with Crippen LogP contribution in [0.4, 0.5) is 0 Å². The molecule has 84 valence electrons. The van der Waals surface area contributed by atoms with Gasteiger partial charge in [-0.2, -0.15) is 0 Å². The molecule has 0 aromatic heterocycles. The number of carbonyl (C=O) groups is 2. The molecule has 0 fully saturated rings. The van der Waals surface area contributed by atoms with Crippen LogP contribution in [-0.4, -0.2) is 22.0 Å². The Morgan fingerprint density at radius 3 is 2.18 bits per heavy atom. The van der Waals surface area contributed by atoms with Gasteiger partial charge in [0.25, 0.3) is 5.78 Å². The molecular formula is C10H6Cl2LiO4+. The fraction of sp³-hybridized carbons (Fsp3) is 0. The molecule has 0 radical (unpaired) electrons. The minimum atomic E-state index is -1.65. The average Bonchev–Trinajstić information content (AvgIpc) is 2.21.